The monoisotopic (exact) mass is 634 g/mol. The molecule has 42 heavy (non-hydrogen) atoms. The average molecular weight is 636 g/mol. The maximum atomic E-state index is 13.8. The molecule has 2 saturated heterocycles. The first kappa shape index (κ1) is 28.6. The lowest BCUT2D eigenvalue weighted by atomic mass is 10.0. The zero-order chi connectivity index (χ0) is 29.2. The molecule has 9 nitrogen and oxygen atoms in total. The van der Waals surface area contributed by atoms with Crippen molar-refractivity contribution in [3.63, 3.8) is 0 Å². The number of hydrogen-bond acceptors (Lipinski definition) is 9. The average Bonchev–Trinajstić information content (AvgIpc) is 3.40. The number of halogens is 2. The smallest absolute Gasteiger partial charge is 0.318 e. The highest BCUT2D eigenvalue weighted by atomic mass is 79.9. The standard InChI is InChI=1S/C31H36BrFN8O/c1-21(33)17-39-15-16-41(18-23(39)8-11-34)29-25-10-14-40(30-28-22(9-12-35-30)5-3-7-26(28)32)19-27(25)36-31(37-29)42-20-24-6-4-13-38(24)2/h3,5,7,9,12,17,23-24H,4,6,8,10,13-16,18-20H2,1-2H3/t23-,24-/m0/s1. The zero-order valence-electron chi connectivity index (χ0n) is 24.1. The van der Waals surface area contributed by atoms with E-state index in [1.807, 2.05) is 23.2 Å². The molecular weight excluding hydrogens is 599 g/mol. The van der Waals surface area contributed by atoms with Crippen LogP contribution in [0.3, 0.4) is 0 Å². The van der Waals surface area contributed by atoms with Crippen molar-refractivity contribution < 1.29 is 9.13 Å². The van der Waals surface area contributed by atoms with Crippen LogP contribution in [0.5, 0.6) is 6.01 Å². The minimum absolute atomic E-state index is 0.131. The summed E-state index contributed by atoms with van der Waals surface area (Å²) in [7, 11) is 2.13. The van der Waals surface area contributed by atoms with Crippen LogP contribution in [0.25, 0.3) is 10.8 Å². The quantitative estimate of drug-likeness (QED) is 0.354. The lowest BCUT2D eigenvalue weighted by Crippen LogP contribution is -2.51. The van der Waals surface area contributed by atoms with Gasteiger partial charge in [0.15, 0.2) is 0 Å². The number of ether oxygens (including phenoxy) is 1. The Balaban J connectivity index is 1.34. The number of hydrogen-bond donors (Lipinski definition) is 0. The van der Waals surface area contributed by atoms with Crippen molar-refractivity contribution in [2.24, 2.45) is 0 Å². The largest absolute Gasteiger partial charge is 0.462 e. The summed E-state index contributed by atoms with van der Waals surface area (Å²) >= 11 is 3.74. The fraction of sp³-hybridized carbons (Fsp3) is 0.484. The third kappa shape index (κ3) is 5.88. The minimum Gasteiger partial charge on any atom is -0.462 e. The van der Waals surface area contributed by atoms with Crippen LogP contribution in [0, 0.1) is 11.3 Å². The number of nitrogens with zero attached hydrogens (tertiary/aromatic N) is 8. The molecule has 3 aromatic rings. The highest BCUT2D eigenvalue weighted by molar-refractivity contribution is 9.10. The van der Waals surface area contributed by atoms with Crippen molar-refractivity contribution in [3.05, 3.63) is 58.2 Å². The number of benzene rings is 1. The normalized spacial score (nSPS) is 21.5. The Labute approximate surface area is 254 Å². The Morgan fingerprint density at radius 1 is 1.14 bits per heavy atom. The number of fused-ring (bicyclic) bond motifs is 2. The Kier molecular flexibility index (Phi) is 8.45. The second kappa shape index (κ2) is 12.4. The molecule has 2 atom stereocenters. The fourth-order valence-corrected chi connectivity index (χ4v) is 6.97. The van der Waals surface area contributed by atoms with Crippen LogP contribution in [0.1, 0.15) is 37.4 Å². The van der Waals surface area contributed by atoms with Gasteiger partial charge in [-0.25, -0.2) is 9.37 Å². The molecule has 0 spiro atoms. The molecule has 2 fully saturated rings. The van der Waals surface area contributed by atoms with Crippen LogP contribution in [-0.4, -0.2) is 83.2 Å². The van der Waals surface area contributed by atoms with Gasteiger partial charge < -0.3 is 24.3 Å². The number of aromatic nitrogens is 3. The molecule has 2 aromatic heterocycles. The van der Waals surface area contributed by atoms with Gasteiger partial charge in [-0.2, -0.15) is 15.2 Å². The molecule has 0 radical (unpaired) electrons. The van der Waals surface area contributed by atoms with Gasteiger partial charge in [-0.1, -0.05) is 28.1 Å². The van der Waals surface area contributed by atoms with Gasteiger partial charge in [0.05, 0.1) is 30.8 Å². The van der Waals surface area contributed by atoms with E-state index in [4.69, 9.17) is 19.7 Å². The highest BCUT2D eigenvalue weighted by Gasteiger charge is 2.32. The van der Waals surface area contributed by atoms with Gasteiger partial charge in [0.2, 0.25) is 0 Å². The molecule has 6 rings (SSSR count). The van der Waals surface area contributed by atoms with Crippen molar-refractivity contribution in [3.8, 4) is 12.1 Å². The summed E-state index contributed by atoms with van der Waals surface area (Å²) < 4.78 is 21.1. The van der Waals surface area contributed by atoms with E-state index < -0.39 is 0 Å². The second-order valence-electron chi connectivity index (χ2n) is 11.4. The number of likely N-dealkylation sites (tertiary alicyclic amines) is 1. The van der Waals surface area contributed by atoms with Crippen LogP contribution < -0.4 is 14.5 Å². The summed E-state index contributed by atoms with van der Waals surface area (Å²) in [5.41, 5.74) is 2.04. The van der Waals surface area contributed by atoms with E-state index in [0.29, 0.717) is 51.3 Å². The molecule has 1 aromatic carbocycles. The number of nitriles is 1. The molecule has 0 unspecified atom stereocenters. The molecule has 0 saturated carbocycles. The predicted octanol–water partition coefficient (Wildman–Crippen LogP) is 5.06. The zero-order valence-corrected chi connectivity index (χ0v) is 25.7. The highest BCUT2D eigenvalue weighted by Crippen LogP contribution is 2.36. The number of piperazine rings is 1. The Hall–Kier alpha value is -3.49. The molecule has 11 heteroatoms. The van der Waals surface area contributed by atoms with E-state index in [-0.39, 0.29) is 11.9 Å². The first-order chi connectivity index (χ1) is 20.4. The first-order valence-corrected chi connectivity index (χ1v) is 15.4. The van der Waals surface area contributed by atoms with Gasteiger partial charge in [-0.15, -0.1) is 0 Å². The number of pyridine rings is 1. The van der Waals surface area contributed by atoms with E-state index in [9.17, 15) is 9.65 Å². The fourth-order valence-electron chi connectivity index (χ4n) is 6.41. The van der Waals surface area contributed by atoms with Crippen LogP contribution in [0.4, 0.5) is 16.0 Å². The molecular formula is C31H36BrFN8O. The first-order valence-electron chi connectivity index (χ1n) is 14.6. The van der Waals surface area contributed by atoms with Crippen LogP contribution in [-0.2, 0) is 13.0 Å². The SMILES string of the molecule is CC(F)=CN1CCN(c2nc(OC[C@@H]3CCCN3C)nc3c2CCN(c2nccc4cccc(Br)c24)C3)C[C@@H]1CC#N. The van der Waals surface area contributed by atoms with E-state index >= 15 is 0 Å². The molecule has 0 amide bonds. The van der Waals surface area contributed by atoms with Gasteiger partial charge in [0, 0.05) is 60.0 Å². The maximum absolute atomic E-state index is 13.8. The van der Waals surface area contributed by atoms with Crippen LogP contribution in [0.15, 0.2) is 47.0 Å². The van der Waals surface area contributed by atoms with Crippen molar-refractivity contribution in [1.29, 1.82) is 5.26 Å². The van der Waals surface area contributed by atoms with Gasteiger partial charge in [-0.3, -0.25) is 0 Å². The van der Waals surface area contributed by atoms with Crippen molar-refractivity contribution in [2.45, 2.75) is 51.2 Å². The van der Waals surface area contributed by atoms with Crippen LogP contribution >= 0.6 is 15.9 Å². The van der Waals surface area contributed by atoms with E-state index in [2.05, 4.69) is 55.9 Å². The summed E-state index contributed by atoms with van der Waals surface area (Å²) in [4.78, 5) is 23.5. The van der Waals surface area contributed by atoms with Crippen molar-refractivity contribution in [1.82, 2.24) is 24.8 Å². The summed E-state index contributed by atoms with van der Waals surface area (Å²) in [6.45, 7) is 6.27. The molecule has 5 heterocycles. The second-order valence-corrected chi connectivity index (χ2v) is 12.3. The third-order valence-electron chi connectivity index (χ3n) is 8.62. The van der Waals surface area contributed by atoms with Gasteiger partial charge in [0.25, 0.3) is 0 Å². The number of rotatable bonds is 7. The van der Waals surface area contributed by atoms with Gasteiger partial charge >= 0.3 is 6.01 Å². The molecule has 220 valence electrons. The topological polar surface area (TPSA) is 84.7 Å². The minimum atomic E-state index is -0.257. The molecule has 0 aliphatic carbocycles. The maximum Gasteiger partial charge on any atom is 0.318 e. The number of anilines is 2. The lowest BCUT2D eigenvalue weighted by Gasteiger charge is -2.42. The van der Waals surface area contributed by atoms with E-state index in [0.717, 1.165) is 64.1 Å². The van der Waals surface area contributed by atoms with Gasteiger partial charge in [-0.05, 0) is 57.3 Å². The Morgan fingerprint density at radius 3 is 2.81 bits per heavy atom. The van der Waals surface area contributed by atoms with Gasteiger partial charge in [0.1, 0.15) is 24.1 Å². The predicted molar refractivity (Wildman–Crippen MR) is 165 cm³/mol. The van der Waals surface area contributed by atoms with Crippen LogP contribution in [0.2, 0.25) is 0 Å². The Bertz CT molecular complexity index is 1520. The van der Waals surface area contributed by atoms with E-state index in [1.54, 1.807) is 0 Å². The molecule has 3 aliphatic rings. The third-order valence-corrected chi connectivity index (χ3v) is 9.28. The summed E-state index contributed by atoms with van der Waals surface area (Å²) in [5, 5.41) is 11.7. The summed E-state index contributed by atoms with van der Waals surface area (Å²) in [6, 6.07) is 11.1. The Morgan fingerprint density at radius 2 is 2.02 bits per heavy atom. The molecule has 0 N–H and O–H groups in total. The van der Waals surface area contributed by atoms with E-state index in [1.165, 1.54) is 19.5 Å². The van der Waals surface area contributed by atoms with Crippen molar-refractivity contribution in [2.75, 3.05) is 56.2 Å². The van der Waals surface area contributed by atoms with Crippen molar-refractivity contribution >= 4 is 38.3 Å². The number of allylic oxidation sites excluding steroid dienone is 1. The molecule has 0 bridgehead atoms. The summed E-state index contributed by atoms with van der Waals surface area (Å²) in [5.74, 6) is 1.54. The molecule has 3 aliphatic heterocycles. The summed E-state index contributed by atoms with van der Waals surface area (Å²) in [6.07, 6.45) is 6.71. The lowest BCUT2D eigenvalue weighted by molar-refractivity contribution is 0.187. The number of likely N-dealkylation sites (N-methyl/N-ethyl adjacent to an activating group) is 1.